The Morgan fingerprint density at radius 3 is 2.11 bits per heavy atom. The van der Waals surface area contributed by atoms with Crippen LogP contribution < -0.4 is 5.32 Å². The van der Waals surface area contributed by atoms with Gasteiger partial charge in [-0.3, -0.25) is 19.3 Å². The molecule has 2 N–H and O–H groups in total. The maximum absolute atomic E-state index is 13.0. The number of hydrogen-bond donors (Lipinski definition) is 2. The average molecular weight is 492 g/mol. The highest BCUT2D eigenvalue weighted by Crippen LogP contribution is 2.19. The van der Waals surface area contributed by atoms with Crippen molar-refractivity contribution in [3.8, 4) is 11.8 Å². The lowest BCUT2D eigenvalue weighted by Gasteiger charge is -2.35. The van der Waals surface area contributed by atoms with Crippen molar-refractivity contribution in [2.75, 3.05) is 53.6 Å². The highest BCUT2D eigenvalue weighted by molar-refractivity contribution is 6.14. The summed E-state index contributed by atoms with van der Waals surface area (Å²) < 4.78 is 5.39. The fourth-order valence-electron chi connectivity index (χ4n) is 3.97. The number of rotatable bonds is 8. The molecule has 0 bridgehead atoms. The molecular formula is C28H33N3O5. The predicted octanol–water partition coefficient (Wildman–Crippen LogP) is 1.10. The maximum Gasteiger partial charge on any atom is 0.254 e. The summed E-state index contributed by atoms with van der Waals surface area (Å²) in [6.45, 7) is 5.06. The van der Waals surface area contributed by atoms with Crippen molar-refractivity contribution in [3.05, 3.63) is 70.8 Å². The van der Waals surface area contributed by atoms with Crippen LogP contribution in [0.2, 0.25) is 0 Å². The molecule has 1 aliphatic rings. The first kappa shape index (κ1) is 27.1. The summed E-state index contributed by atoms with van der Waals surface area (Å²) in [6.07, 6.45) is 0.987. The predicted molar refractivity (Wildman–Crippen MR) is 136 cm³/mol. The van der Waals surface area contributed by atoms with Gasteiger partial charge in [-0.15, -0.1) is 0 Å². The van der Waals surface area contributed by atoms with E-state index < -0.39 is 29.7 Å². The summed E-state index contributed by atoms with van der Waals surface area (Å²) in [5.74, 6) is 4.27. The smallest absolute Gasteiger partial charge is 0.254 e. The zero-order valence-electron chi connectivity index (χ0n) is 21.0. The molecule has 190 valence electrons. The summed E-state index contributed by atoms with van der Waals surface area (Å²) in [6, 6.07) is 14.8. The number of carbonyl (C=O) groups is 3. The fourth-order valence-corrected chi connectivity index (χ4v) is 3.97. The molecule has 1 saturated heterocycles. The largest absolute Gasteiger partial charge is 0.388 e. The van der Waals surface area contributed by atoms with Crippen molar-refractivity contribution in [1.29, 1.82) is 0 Å². The van der Waals surface area contributed by atoms with Gasteiger partial charge < -0.3 is 20.1 Å². The number of aliphatic hydroxyl groups excluding tert-OH is 1. The van der Waals surface area contributed by atoms with Crippen LogP contribution >= 0.6 is 0 Å². The number of likely N-dealkylation sites (N-methyl/N-ethyl adjacent to an activating group) is 2. The molecule has 1 heterocycles. The molecule has 1 aliphatic heterocycles. The Hall–Kier alpha value is -3.51. The van der Waals surface area contributed by atoms with Crippen molar-refractivity contribution in [3.63, 3.8) is 0 Å². The van der Waals surface area contributed by atoms with E-state index >= 15 is 0 Å². The first-order valence-electron chi connectivity index (χ1n) is 11.9. The van der Waals surface area contributed by atoms with Crippen LogP contribution in [-0.4, -0.2) is 91.6 Å². The second-order valence-corrected chi connectivity index (χ2v) is 8.83. The van der Waals surface area contributed by atoms with E-state index in [0.29, 0.717) is 5.56 Å². The van der Waals surface area contributed by atoms with Gasteiger partial charge in [0, 0.05) is 50.4 Å². The number of nitrogens with one attached hydrogen (secondary N) is 1. The monoisotopic (exact) mass is 491 g/mol. The molecule has 1 atom stereocenters. The third-order valence-electron chi connectivity index (χ3n) is 6.59. The maximum atomic E-state index is 13.0. The van der Waals surface area contributed by atoms with E-state index in [1.807, 2.05) is 12.1 Å². The Kier molecular flexibility index (Phi) is 9.37. The standard InChI is InChI=1S/C28H33N3O5/c1-28(25(33)20-32,27(35)29-2)30(3)26(34)24-12-10-22(11-13-24)5-4-21-6-8-23(9-7-21)14-15-31-16-18-36-19-17-31/h6-13,32H,14-20H2,1-3H3,(H,29,35)/t28-/m1/s1. The highest BCUT2D eigenvalue weighted by Gasteiger charge is 2.46. The number of Topliss-reactive ketones (excluding diaryl/α,β-unsaturated/α-hetero) is 1. The zero-order valence-corrected chi connectivity index (χ0v) is 21.0. The van der Waals surface area contributed by atoms with E-state index in [4.69, 9.17) is 4.74 Å². The van der Waals surface area contributed by atoms with Crippen LogP contribution in [0.4, 0.5) is 0 Å². The van der Waals surface area contributed by atoms with Gasteiger partial charge >= 0.3 is 0 Å². The minimum Gasteiger partial charge on any atom is -0.388 e. The number of hydrogen-bond acceptors (Lipinski definition) is 6. The SMILES string of the molecule is CNC(=O)[C@@](C)(C(=O)CO)N(C)C(=O)c1ccc(C#Cc2ccc(CCN3CCOCC3)cc2)cc1. The van der Waals surface area contributed by atoms with E-state index in [1.54, 1.807) is 24.3 Å². The molecule has 0 saturated carbocycles. The number of aliphatic hydroxyl groups is 1. The molecule has 2 aromatic carbocycles. The quantitative estimate of drug-likeness (QED) is 0.424. The molecule has 3 rings (SSSR count). The normalized spacial score (nSPS) is 15.2. The molecule has 0 aliphatic carbocycles. The highest BCUT2D eigenvalue weighted by atomic mass is 16.5. The van der Waals surface area contributed by atoms with Crippen LogP contribution in [0.25, 0.3) is 0 Å². The third kappa shape index (κ3) is 6.38. The number of ether oxygens (including phenoxy) is 1. The van der Waals surface area contributed by atoms with Gasteiger partial charge in [0.05, 0.1) is 13.2 Å². The van der Waals surface area contributed by atoms with E-state index in [-0.39, 0.29) is 0 Å². The molecule has 0 spiro atoms. The molecule has 36 heavy (non-hydrogen) atoms. The zero-order chi connectivity index (χ0) is 26.1. The van der Waals surface area contributed by atoms with Crippen LogP contribution in [0, 0.1) is 11.8 Å². The van der Waals surface area contributed by atoms with Gasteiger partial charge in [-0.25, -0.2) is 0 Å². The molecule has 0 unspecified atom stereocenters. The summed E-state index contributed by atoms with van der Waals surface area (Å²) in [7, 11) is 2.74. The topological polar surface area (TPSA) is 99.2 Å². The minimum atomic E-state index is -1.83. The van der Waals surface area contributed by atoms with Gasteiger partial charge in [0.15, 0.2) is 11.3 Å². The molecular weight excluding hydrogens is 458 g/mol. The lowest BCUT2D eigenvalue weighted by atomic mass is 9.92. The number of morpholine rings is 1. The Bertz CT molecular complexity index is 1110. The van der Waals surface area contributed by atoms with Crippen LogP contribution in [0.1, 0.15) is 34.0 Å². The number of benzene rings is 2. The Balaban J connectivity index is 1.63. The molecule has 2 amide bonds. The van der Waals surface area contributed by atoms with Gasteiger partial charge in [0.1, 0.15) is 6.61 Å². The van der Waals surface area contributed by atoms with E-state index in [9.17, 15) is 19.5 Å². The van der Waals surface area contributed by atoms with Crippen LogP contribution in [0.5, 0.6) is 0 Å². The van der Waals surface area contributed by atoms with Crippen molar-refractivity contribution in [2.45, 2.75) is 18.9 Å². The summed E-state index contributed by atoms with van der Waals surface area (Å²) >= 11 is 0. The van der Waals surface area contributed by atoms with Gasteiger partial charge in [-0.2, -0.15) is 0 Å². The summed E-state index contributed by atoms with van der Waals surface area (Å²) in [5, 5.41) is 11.7. The van der Waals surface area contributed by atoms with E-state index in [0.717, 1.165) is 55.3 Å². The second kappa shape index (κ2) is 12.5. The van der Waals surface area contributed by atoms with Crippen molar-refractivity contribution >= 4 is 17.6 Å². The Labute approximate surface area is 212 Å². The number of carbonyl (C=O) groups excluding carboxylic acids is 3. The number of amides is 2. The summed E-state index contributed by atoms with van der Waals surface area (Å²) in [5.41, 5.74) is 1.36. The van der Waals surface area contributed by atoms with Crippen molar-refractivity contribution < 1.29 is 24.2 Å². The Morgan fingerprint density at radius 2 is 1.58 bits per heavy atom. The lowest BCUT2D eigenvalue weighted by Crippen LogP contribution is -2.62. The minimum absolute atomic E-state index is 0.300. The molecule has 2 aromatic rings. The fraction of sp³-hybridized carbons (Fsp3) is 0.393. The first-order valence-corrected chi connectivity index (χ1v) is 11.9. The Morgan fingerprint density at radius 1 is 1.03 bits per heavy atom. The van der Waals surface area contributed by atoms with Crippen LogP contribution in [0.3, 0.4) is 0 Å². The van der Waals surface area contributed by atoms with E-state index in [1.165, 1.54) is 26.6 Å². The molecule has 8 nitrogen and oxygen atoms in total. The molecule has 1 fully saturated rings. The number of ketones is 1. The molecule has 0 aromatic heterocycles. The molecule has 8 heteroatoms. The van der Waals surface area contributed by atoms with Gasteiger partial charge in [-0.1, -0.05) is 24.0 Å². The van der Waals surface area contributed by atoms with Gasteiger partial charge in [-0.05, 0) is 55.3 Å². The van der Waals surface area contributed by atoms with Gasteiger partial charge in [0.25, 0.3) is 11.8 Å². The lowest BCUT2D eigenvalue weighted by molar-refractivity contribution is -0.143. The van der Waals surface area contributed by atoms with Crippen molar-refractivity contribution in [2.24, 2.45) is 0 Å². The van der Waals surface area contributed by atoms with Crippen LogP contribution in [-0.2, 0) is 20.7 Å². The van der Waals surface area contributed by atoms with Crippen LogP contribution in [0.15, 0.2) is 48.5 Å². The molecule has 0 radical (unpaired) electrons. The second-order valence-electron chi connectivity index (χ2n) is 8.83. The van der Waals surface area contributed by atoms with E-state index in [2.05, 4.69) is 34.2 Å². The summed E-state index contributed by atoms with van der Waals surface area (Å²) in [4.78, 5) is 41.1. The average Bonchev–Trinajstić information content (AvgIpc) is 2.94. The van der Waals surface area contributed by atoms with Gasteiger partial charge in [0.2, 0.25) is 0 Å². The van der Waals surface area contributed by atoms with Crippen molar-refractivity contribution in [1.82, 2.24) is 15.1 Å². The first-order chi connectivity index (χ1) is 17.3. The third-order valence-corrected chi connectivity index (χ3v) is 6.59. The number of nitrogens with zero attached hydrogens (tertiary/aromatic N) is 2.